The van der Waals surface area contributed by atoms with E-state index in [0.29, 0.717) is 0 Å². The van der Waals surface area contributed by atoms with Gasteiger partial charge in [0.05, 0.1) is 5.41 Å². The van der Waals surface area contributed by atoms with Gasteiger partial charge in [0.2, 0.25) is 0 Å². The Morgan fingerprint density at radius 1 is 0.486 bits per heavy atom. The molecule has 8 rings (SSSR count). The minimum absolute atomic E-state index is 0.419. The second-order valence-electron chi connectivity index (χ2n) is 9.77. The summed E-state index contributed by atoms with van der Waals surface area (Å²) in [6.45, 7) is 0. The van der Waals surface area contributed by atoms with Gasteiger partial charge in [-0.15, -0.1) is 11.3 Å². The standard InChI is InChI=1S/C35H21ClS/c36-24-19-20-26-25-15-7-9-17-28(25)35(30(26)21-24)29-18-10-8-16-27(29)31-32(35)34(23-13-5-2-6-14-23)37-33(31)22-11-3-1-4-12-22/h1-21H. The summed E-state index contributed by atoms with van der Waals surface area (Å²) in [4.78, 5) is 2.65. The van der Waals surface area contributed by atoms with Crippen LogP contribution in [-0.2, 0) is 5.41 Å². The molecule has 174 valence electrons. The Kier molecular flexibility index (Phi) is 4.47. The van der Waals surface area contributed by atoms with E-state index < -0.39 is 5.41 Å². The van der Waals surface area contributed by atoms with Crippen LogP contribution in [0.2, 0.25) is 5.02 Å². The van der Waals surface area contributed by atoms with Gasteiger partial charge in [-0.05, 0) is 62.2 Å². The van der Waals surface area contributed by atoms with Crippen molar-refractivity contribution >= 4 is 22.9 Å². The molecule has 1 atom stereocenters. The molecular formula is C35H21ClS. The number of hydrogen-bond donors (Lipinski definition) is 0. The fourth-order valence-corrected chi connectivity index (χ4v) is 8.16. The van der Waals surface area contributed by atoms with E-state index in [0.717, 1.165) is 5.02 Å². The van der Waals surface area contributed by atoms with E-state index in [4.69, 9.17) is 11.6 Å². The van der Waals surface area contributed by atoms with Crippen molar-refractivity contribution in [2.24, 2.45) is 0 Å². The predicted octanol–water partition coefficient (Wildman–Crippen LogP) is 10.1. The van der Waals surface area contributed by atoms with E-state index >= 15 is 0 Å². The Bertz CT molecular complexity index is 1830. The van der Waals surface area contributed by atoms with Crippen molar-refractivity contribution in [1.82, 2.24) is 0 Å². The largest absolute Gasteiger partial charge is 0.134 e. The summed E-state index contributed by atoms with van der Waals surface area (Å²) >= 11 is 8.66. The highest BCUT2D eigenvalue weighted by molar-refractivity contribution is 7.19. The molecule has 1 aromatic heterocycles. The molecule has 0 fully saturated rings. The van der Waals surface area contributed by atoms with E-state index in [1.807, 2.05) is 17.4 Å². The lowest BCUT2D eigenvalue weighted by atomic mass is 9.70. The molecule has 0 bridgehead atoms. The lowest BCUT2D eigenvalue weighted by Crippen LogP contribution is -2.26. The number of halogens is 1. The first-order chi connectivity index (χ1) is 18.3. The molecule has 1 spiro atoms. The van der Waals surface area contributed by atoms with Crippen molar-refractivity contribution < 1.29 is 0 Å². The van der Waals surface area contributed by atoms with Crippen LogP contribution in [0.5, 0.6) is 0 Å². The van der Waals surface area contributed by atoms with Crippen molar-refractivity contribution in [1.29, 1.82) is 0 Å². The van der Waals surface area contributed by atoms with E-state index in [-0.39, 0.29) is 0 Å². The summed E-state index contributed by atoms with van der Waals surface area (Å²) in [5.74, 6) is 0. The zero-order chi connectivity index (χ0) is 24.6. The molecule has 0 aliphatic heterocycles. The Hall–Kier alpha value is -3.91. The van der Waals surface area contributed by atoms with Crippen LogP contribution in [0, 0.1) is 0 Å². The first-order valence-electron chi connectivity index (χ1n) is 12.6. The molecule has 0 amide bonds. The van der Waals surface area contributed by atoms with Crippen LogP contribution in [-0.4, -0.2) is 0 Å². The van der Waals surface area contributed by atoms with Crippen LogP contribution in [0.3, 0.4) is 0 Å². The van der Waals surface area contributed by atoms with E-state index in [9.17, 15) is 0 Å². The van der Waals surface area contributed by atoms with Crippen LogP contribution >= 0.6 is 22.9 Å². The van der Waals surface area contributed by atoms with Crippen molar-refractivity contribution in [3.8, 4) is 43.1 Å². The van der Waals surface area contributed by atoms with Gasteiger partial charge in [0.25, 0.3) is 0 Å². The maximum absolute atomic E-state index is 6.74. The third-order valence-electron chi connectivity index (χ3n) is 7.96. The van der Waals surface area contributed by atoms with E-state index in [1.165, 1.54) is 65.4 Å². The highest BCUT2D eigenvalue weighted by Gasteiger charge is 2.54. The van der Waals surface area contributed by atoms with Gasteiger partial charge in [0, 0.05) is 20.3 Å². The highest BCUT2D eigenvalue weighted by Crippen LogP contribution is 2.68. The Morgan fingerprint density at radius 3 is 1.73 bits per heavy atom. The monoisotopic (exact) mass is 508 g/mol. The molecule has 0 saturated heterocycles. The molecule has 2 aliphatic carbocycles. The van der Waals surface area contributed by atoms with E-state index in [2.05, 4.69) is 121 Å². The molecular weight excluding hydrogens is 488 g/mol. The second kappa shape index (κ2) is 7.79. The average Bonchev–Trinajstić information content (AvgIpc) is 3.58. The fraction of sp³-hybridized carbons (Fsp3) is 0.0286. The molecule has 0 N–H and O–H groups in total. The topological polar surface area (TPSA) is 0 Å². The summed E-state index contributed by atoms with van der Waals surface area (Å²) in [6, 6.07) is 46.1. The molecule has 0 saturated carbocycles. The molecule has 1 unspecified atom stereocenters. The van der Waals surface area contributed by atoms with Crippen LogP contribution in [0.1, 0.15) is 22.3 Å². The maximum atomic E-state index is 6.74. The fourth-order valence-electron chi connectivity index (χ4n) is 6.61. The lowest BCUT2D eigenvalue weighted by Gasteiger charge is -2.31. The molecule has 1 heterocycles. The Morgan fingerprint density at radius 2 is 1.03 bits per heavy atom. The van der Waals surface area contributed by atoms with Gasteiger partial charge in [-0.2, -0.15) is 0 Å². The SMILES string of the molecule is Clc1ccc2c(c1)C1(c3ccccc3-2)c2ccccc2-c2c(-c3ccccc3)sc(-c3ccccc3)c21. The third-order valence-corrected chi connectivity index (χ3v) is 9.49. The normalized spacial score (nSPS) is 16.4. The number of rotatable bonds is 2. The molecule has 2 heteroatoms. The second-order valence-corrected chi connectivity index (χ2v) is 11.2. The smallest absolute Gasteiger partial charge is 0.0740 e. The summed E-state index contributed by atoms with van der Waals surface area (Å²) < 4.78 is 0. The van der Waals surface area contributed by atoms with Crippen molar-refractivity contribution in [2.75, 3.05) is 0 Å². The molecule has 37 heavy (non-hydrogen) atoms. The van der Waals surface area contributed by atoms with Crippen LogP contribution in [0.25, 0.3) is 43.1 Å². The van der Waals surface area contributed by atoms with Crippen molar-refractivity contribution in [3.63, 3.8) is 0 Å². The highest BCUT2D eigenvalue weighted by atomic mass is 35.5. The zero-order valence-corrected chi connectivity index (χ0v) is 21.5. The number of benzene rings is 5. The average molecular weight is 509 g/mol. The van der Waals surface area contributed by atoms with Crippen molar-refractivity contribution in [2.45, 2.75) is 5.41 Å². The van der Waals surface area contributed by atoms with Gasteiger partial charge in [0.15, 0.2) is 0 Å². The molecule has 0 radical (unpaired) electrons. The summed E-state index contributed by atoms with van der Waals surface area (Å²) in [5, 5.41) is 0.775. The molecule has 0 nitrogen and oxygen atoms in total. The molecule has 6 aromatic rings. The number of hydrogen-bond acceptors (Lipinski definition) is 1. The zero-order valence-electron chi connectivity index (χ0n) is 19.9. The number of fused-ring (bicyclic) bond motifs is 10. The summed E-state index contributed by atoms with van der Waals surface area (Å²) in [7, 11) is 0. The Balaban J connectivity index is 1.61. The van der Waals surface area contributed by atoms with Gasteiger partial charge in [-0.3, -0.25) is 0 Å². The first kappa shape index (κ1) is 21.2. The van der Waals surface area contributed by atoms with Gasteiger partial charge >= 0.3 is 0 Å². The lowest BCUT2D eigenvalue weighted by molar-refractivity contribution is 0.798. The van der Waals surface area contributed by atoms with Crippen molar-refractivity contribution in [3.05, 3.63) is 155 Å². The maximum Gasteiger partial charge on any atom is 0.0740 e. The van der Waals surface area contributed by atoms with Crippen LogP contribution in [0.4, 0.5) is 0 Å². The van der Waals surface area contributed by atoms with Crippen LogP contribution < -0.4 is 0 Å². The van der Waals surface area contributed by atoms with Gasteiger partial charge in [-0.25, -0.2) is 0 Å². The Labute approximate surface area is 225 Å². The van der Waals surface area contributed by atoms with E-state index in [1.54, 1.807) is 0 Å². The van der Waals surface area contributed by atoms with Gasteiger partial charge in [0.1, 0.15) is 0 Å². The predicted molar refractivity (Wildman–Crippen MR) is 156 cm³/mol. The quantitative estimate of drug-likeness (QED) is 0.218. The minimum Gasteiger partial charge on any atom is -0.134 e. The number of thiophene rings is 1. The van der Waals surface area contributed by atoms with Gasteiger partial charge in [-0.1, -0.05) is 127 Å². The first-order valence-corrected chi connectivity index (χ1v) is 13.8. The third kappa shape index (κ3) is 2.73. The summed E-state index contributed by atoms with van der Waals surface area (Å²) in [5.41, 5.74) is 12.7. The molecule has 5 aromatic carbocycles. The summed E-state index contributed by atoms with van der Waals surface area (Å²) in [6.07, 6.45) is 0. The van der Waals surface area contributed by atoms with Crippen LogP contribution in [0.15, 0.2) is 127 Å². The van der Waals surface area contributed by atoms with Gasteiger partial charge < -0.3 is 0 Å². The molecule has 2 aliphatic rings. The minimum atomic E-state index is -0.419.